The molecule has 0 saturated heterocycles. The van der Waals surface area contributed by atoms with Gasteiger partial charge in [-0.05, 0) is 35.1 Å². The molecule has 0 fully saturated rings. The molecule has 33 heavy (non-hydrogen) atoms. The van der Waals surface area contributed by atoms with E-state index in [1.807, 2.05) is 60.0 Å². The SMILES string of the molecule is COc1ccccc1Cn1c(SCC(=O)Nc2ccccc2C(C)C)nc2ccsc2c1=O. The molecule has 8 heteroatoms. The maximum absolute atomic E-state index is 13.2. The first-order valence-electron chi connectivity index (χ1n) is 10.6. The number of benzene rings is 2. The maximum Gasteiger partial charge on any atom is 0.272 e. The van der Waals surface area contributed by atoms with Crippen LogP contribution in [0.15, 0.2) is 69.9 Å². The minimum Gasteiger partial charge on any atom is -0.496 e. The molecular formula is C25H25N3O3S2. The van der Waals surface area contributed by atoms with E-state index in [9.17, 15) is 9.59 Å². The molecule has 0 aliphatic heterocycles. The monoisotopic (exact) mass is 479 g/mol. The zero-order valence-electron chi connectivity index (χ0n) is 18.7. The highest BCUT2D eigenvalue weighted by atomic mass is 32.2. The number of rotatable bonds is 8. The third-order valence-corrected chi connectivity index (χ3v) is 7.11. The van der Waals surface area contributed by atoms with Crippen LogP contribution in [0, 0.1) is 0 Å². The normalized spacial score (nSPS) is 11.2. The molecule has 1 amide bonds. The first-order valence-corrected chi connectivity index (χ1v) is 12.5. The Morgan fingerprint density at radius 3 is 2.70 bits per heavy atom. The van der Waals surface area contributed by atoms with E-state index in [1.54, 1.807) is 11.7 Å². The number of carbonyl (C=O) groups excluding carboxylic acids is 1. The second kappa shape index (κ2) is 10.2. The van der Waals surface area contributed by atoms with Gasteiger partial charge in [0, 0.05) is 11.3 Å². The molecule has 6 nitrogen and oxygen atoms in total. The van der Waals surface area contributed by atoms with E-state index in [2.05, 4.69) is 24.1 Å². The van der Waals surface area contributed by atoms with Crippen molar-refractivity contribution in [3.8, 4) is 5.75 Å². The van der Waals surface area contributed by atoms with Crippen molar-refractivity contribution in [1.82, 2.24) is 9.55 Å². The van der Waals surface area contributed by atoms with E-state index < -0.39 is 0 Å². The smallest absolute Gasteiger partial charge is 0.272 e. The van der Waals surface area contributed by atoms with Gasteiger partial charge in [-0.15, -0.1) is 11.3 Å². The van der Waals surface area contributed by atoms with E-state index in [1.165, 1.54) is 23.1 Å². The summed E-state index contributed by atoms with van der Waals surface area (Å²) in [6.45, 7) is 4.50. The zero-order valence-corrected chi connectivity index (χ0v) is 20.3. The summed E-state index contributed by atoms with van der Waals surface area (Å²) >= 11 is 2.63. The first kappa shape index (κ1) is 23.1. The molecule has 0 saturated carbocycles. The van der Waals surface area contributed by atoms with Crippen LogP contribution < -0.4 is 15.6 Å². The van der Waals surface area contributed by atoms with Crippen molar-refractivity contribution in [3.63, 3.8) is 0 Å². The van der Waals surface area contributed by atoms with Gasteiger partial charge in [-0.25, -0.2) is 4.98 Å². The van der Waals surface area contributed by atoms with Crippen molar-refractivity contribution < 1.29 is 9.53 Å². The minimum atomic E-state index is -0.142. The van der Waals surface area contributed by atoms with Crippen LogP contribution >= 0.6 is 23.1 Å². The molecule has 4 aromatic rings. The van der Waals surface area contributed by atoms with Gasteiger partial charge in [0.2, 0.25) is 5.91 Å². The average molecular weight is 480 g/mol. The lowest BCUT2D eigenvalue weighted by atomic mass is 10.0. The second-order valence-corrected chi connectivity index (χ2v) is 9.67. The molecule has 0 radical (unpaired) electrons. The summed E-state index contributed by atoms with van der Waals surface area (Å²) in [6, 6.07) is 17.2. The fourth-order valence-corrected chi connectivity index (χ4v) is 5.18. The Morgan fingerprint density at radius 2 is 1.91 bits per heavy atom. The Morgan fingerprint density at radius 1 is 1.15 bits per heavy atom. The quantitative estimate of drug-likeness (QED) is 0.272. The van der Waals surface area contributed by atoms with Gasteiger partial charge in [0.1, 0.15) is 10.4 Å². The Labute approximate surface area is 200 Å². The number of carbonyl (C=O) groups is 1. The number of ether oxygens (including phenoxy) is 1. The van der Waals surface area contributed by atoms with Crippen molar-refractivity contribution in [2.75, 3.05) is 18.2 Å². The number of para-hydroxylation sites is 2. The lowest BCUT2D eigenvalue weighted by Crippen LogP contribution is -2.24. The van der Waals surface area contributed by atoms with E-state index in [0.29, 0.717) is 33.6 Å². The van der Waals surface area contributed by atoms with Crippen molar-refractivity contribution in [3.05, 3.63) is 81.5 Å². The third-order valence-electron chi connectivity index (χ3n) is 5.24. The summed E-state index contributed by atoms with van der Waals surface area (Å²) in [5, 5.41) is 5.36. The fourth-order valence-electron chi connectivity index (χ4n) is 3.61. The highest BCUT2D eigenvalue weighted by Gasteiger charge is 2.17. The number of thiophene rings is 1. The van der Waals surface area contributed by atoms with Crippen molar-refractivity contribution in [1.29, 1.82) is 0 Å². The van der Waals surface area contributed by atoms with Gasteiger partial charge < -0.3 is 10.1 Å². The Kier molecular flexibility index (Phi) is 7.15. The maximum atomic E-state index is 13.2. The van der Waals surface area contributed by atoms with E-state index >= 15 is 0 Å². The number of hydrogen-bond acceptors (Lipinski definition) is 6. The molecule has 0 aliphatic rings. The molecule has 2 aromatic heterocycles. The van der Waals surface area contributed by atoms with Gasteiger partial charge in [0.05, 0.1) is 24.9 Å². The summed E-state index contributed by atoms with van der Waals surface area (Å²) < 4.78 is 7.68. The van der Waals surface area contributed by atoms with Crippen LogP contribution in [0.3, 0.4) is 0 Å². The number of hydrogen-bond donors (Lipinski definition) is 1. The number of thioether (sulfide) groups is 1. The van der Waals surface area contributed by atoms with E-state index in [0.717, 1.165) is 16.8 Å². The predicted octanol–water partition coefficient (Wildman–Crippen LogP) is 5.37. The first-order chi connectivity index (χ1) is 16.0. The van der Waals surface area contributed by atoms with Gasteiger partial charge >= 0.3 is 0 Å². The topological polar surface area (TPSA) is 73.2 Å². The Balaban J connectivity index is 1.60. The van der Waals surface area contributed by atoms with Crippen molar-refractivity contribution in [2.24, 2.45) is 0 Å². The molecule has 170 valence electrons. The lowest BCUT2D eigenvalue weighted by molar-refractivity contribution is -0.113. The van der Waals surface area contributed by atoms with Gasteiger partial charge in [-0.2, -0.15) is 0 Å². The van der Waals surface area contributed by atoms with Crippen molar-refractivity contribution in [2.45, 2.75) is 31.5 Å². The van der Waals surface area contributed by atoms with Crippen LogP contribution in [0.25, 0.3) is 10.2 Å². The number of methoxy groups -OCH3 is 1. The molecule has 0 atom stereocenters. The lowest BCUT2D eigenvalue weighted by Gasteiger charge is -2.15. The number of aromatic nitrogens is 2. The van der Waals surface area contributed by atoms with Gasteiger partial charge in [-0.3, -0.25) is 14.2 Å². The van der Waals surface area contributed by atoms with Crippen molar-refractivity contribution >= 4 is 44.9 Å². The van der Waals surface area contributed by atoms with Crippen LogP contribution in [-0.4, -0.2) is 28.3 Å². The number of nitrogens with one attached hydrogen (secondary N) is 1. The van der Waals surface area contributed by atoms with E-state index in [4.69, 9.17) is 4.74 Å². The molecule has 0 spiro atoms. The number of nitrogens with zero attached hydrogens (tertiary/aromatic N) is 2. The number of amides is 1. The van der Waals surface area contributed by atoms with Crippen LogP contribution in [-0.2, 0) is 11.3 Å². The van der Waals surface area contributed by atoms with Gasteiger partial charge in [0.25, 0.3) is 5.56 Å². The molecule has 0 bridgehead atoms. The highest BCUT2D eigenvalue weighted by Crippen LogP contribution is 2.26. The number of anilines is 1. The fraction of sp³-hybridized carbons (Fsp3) is 0.240. The third kappa shape index (κ3) is 5.12. The summed E-state index contributed by atoms with van der Waals surface area (Å²) in [7, 11) is 1.61. The molecule has 0 unspecified atom stereocenters. The Bertz CT molecular complexity index is 1340. The molecule has 2 heterocycles. The minimum absolute atomic E-state index is 0.117. The van der Waals surface area contributed by atoms with Crippen LogP contribution in [0.4, 0.5) is 5.69 Å². The zero-order chi connectivity index (χ0) is 23.4. The Hall–Kier alpha value is -3.10. The van der Waals surface area contributed by atoms with Gasteiger partial charge in [-0.1, -0.05) is 62.0 Å². The average Bonchev–Trinajstić information content (AvgIpc) is 3.29. The summed E-state index contributed by atoms with van der Waals surface area (Å²) in [6.07, 6.45) is 0. The van der Waals surface area contributed by atoms with E-state index in [-0.39, 0.29) is 17.2 Å². The summed E-state index contributed by atoms with van der Waals surface area (Å²) in [5.74, 6) is 0.995. The molecular weight excluding hydrogens is 454 g/mol. The number of fused-ring (bicyclic) bond motifs is 1. The molecule has 1 N–H and O–H groups in total. The van der Waals surface area contributed by atoms with Crippen LogP contribution in [0.1, 0.15) is 30.9 Å². The molecule has 0 aliphatic carbocycles. The van der Waals surface area contributed by atoms with Crippen LogP contribution in [0.2, 0.25) is 0 Å². The largest absolute Gasteiger partial charge is 0.496 e. The van der Waals surface area contributed by atoms with Crippen LogP contribution in [0.5, 0.6) is 5.75 Å². The second-order valence-electron chi connectivity index (χ2n) is 7.81. The predicted molar refractivity (Wildman–Crippen MR) is 136 cm³/mol. The summed E-state index contributed by atoms with van der Waals surface area (Å²) in [4.78, 5) is 30.7. The highest BCUT2D eigenvalue weighted by molar-refractivity contribution is 7.99. The standard InChI is InChI=1S/C25H25N3O3S2/c1-16(2)18-9-5-6-10-19(18)26-22(29)15-33-25-27-20-12-13-32-23(20)24(30)28(25)14-17-8-4-7-11-21(17)31-3/h4-13,16H,14-15H2,1-3H3,(H,26,29). The summed E-state index contributed by atoms with van der Waals surface area (Å²) in [5.41, 5.74) is 3.30. The molecule has 4 rings (SSSR count). The van der Waals surface area contributed by atoms with Gasteiger partial charge in [0.15, 0.2) is 5.16 Å². The molecule has 2 aromatic carbocycles.